The third-order valence-corrected chi connectivity index (χ3v) is 8.82. The summed E-state index contributed by atoms with van der Waals surface area (Å²) in [5, 5.41) is 18.5. The van der Waals surface area contributed by atoms with Crippen molar-refractivity contribution in [1.82, 2.24) is 15.2 Å². The molecule has 0 bridgehead atoms. The van der Waals surface area contributed by atoms with E-state index in [4.69, 9.17) is 0 Å². The normalized spacial score (nSPS) is 16.4. The molecule has 0 fully saturated rings. The summed E-state index contributed by atoms with van der Waals surface area (Å²) in [4.78, 5) is 14.0. The lowest BCUT2D eigenvalue weighted by Gasteiger charge is -2.26. The number of hydrogen-bond donors (Lipinski definition) is 4. The van der Waals surface area contributed by atoms with Crippen LogP contribution in [0.5, 0.6) is 0 Å². The van der Waals surface area contributed by atoms with Crippen LogP contribution in [0.25, 0.3) is 10.9 Å². The number of anilines is 1. The molecule has 5 rings (SSSR count). The van der Waals surface area contributed by atoms with Crippen molar-refractivity contribution in [1.29, 1.82) is 0 Å². The molecule has 4 N–H and O–H groups in total. The summed E-state index contributed by atoms with van der Waals surface area (Å²) in [5.74, 6) is 0.499. The van der Waals surface area contributed by atoms with E-state index in [2.05, 4.69) is 45.9 Å². The molecular weight excluding hydrogens is 573 g/mol. The largest absolute Gasteiger partial charge is 0.416 e. The predicted molar refractivity (Wildman–Crippen MR) is 167 cm³/mol. The highest BCUT2D eigenvalue weighted by Crippen LogP contribution is 2.38. The second-order valence-electron chi connectivity index (χ2n) is 11.1. The lowest BCUT2D eigenvalue weighted by molar-refractivity contribution is -0.137. The van der Waals surface area contributed by atoms with Crippen LogP contribution >= 0.6 is 11.9 Å². The summed E-state index contributed by atoms with van der Waals surface area (Å²) in [6.45, 7) is 4.46. The van der Waals surface area contributed by atoms with E-state index in [0.717, 1.165) is 52.9 Å². The van der Waals surface area contributed by atoms with Crippen molar-refractivity contribution in [3.8, 4) is 0 Å². The van der Waals surface area contributed by atoms with Crippen molar-refractivity contribution in [2.45, 2.75) is 64.0 Å². The van der Waals surface area contributed by atoms with Gasteiger partial charge >= 0.3 is 6.18 Å². The third-order valence-electron chi connectivity index (χ3n) is 7.80. The van der Waals surface area contributed by atoms with E-state index in [-0.39, 0.29) is 25.0 Å². The quantitative estimate of drug-likeness (QED) is 0.142. The van der Waals surface area contributed by atoms with Crippen LogP contribution in [0.2, 0.25) is 0 Å². The second-order valence-corrected chi connectivity index (χ2v) is 11.9. The van der Waals surface area contributed by atoms with Gasteiger partial charge in [0, 0.05) is 30.3 Å². The van der Waals surface area contributed by atoms with Crippen LogP contribution in [-0.4, -0.2) is 40.0 Å². The van der Waals surface area contributed by atoms with Crippen molar-refractivity contribution in [2.24, 2.45) is 0 Å². The summed E-state index contributed by atoms with van der Waals surface area (Å²) in [6.07, 6.45) is -3.15. The molecule has 0 radical (unpaired) electrons. The Labute approximate surface area is 254 Å². The Balaban J connectivity index is 1.38. The first-order chi connectivity index (χ1) is 20.7. The SMILES string of the molecule is CCCc1ccc2c3c1cc(C(=O)N[C@@H](Cc1ccccc1)[C@H](O)CNCc1cccc(C(F)(F)F)c1)n3C(C)CSN2. The average Bonchev–Trinajstić information content (AvgIpc) is 3.32. The highest BCUT2D eigenvalue weighted by Gasteiger charge is 2.31. The molecule has 10 heteroatoms. The number of amides is 1. The zero-order valence-electron chi connectivity index (χ0n) is 24.2. The van der Waals surface area contributed by atoms with Gasteiger partial charge in [0.2, 0.25) is 0 Å². The molecule has 0 saturated heterocycles. The van der Waals surface area contributed by atoms with E-state index in [1.807, 2.05) is 36.4 Å². The first-order valence-corrected chi connectivity index (χ1v) is 15.6. The smallest absolute Gasteiger partial charge is 0.390 e. The molecule has 1 unspecified atom stereocenters. The molecule has 3 aromatic carbocycles. The molecule has 1 aliphatic heterocycles. The summed E-state index contributed by atoms with van der Waals surface area (Å²) in [5.41, 5.74) is 4.41. The van der Waals surface area contributed by atoms with Crippen molar-refractivity contribution in [3.05, 3.63) is 101 Å². The Morgan fingerprint density at radius 3 is 2.60 bits per heavy atom. The van der Waals surface area contributed by atoms with E-state index >= 15 is 0 Å². The number of aliphatic hydroxyl groups excluding tert-OH is 1. The maximum absolute atomic E-state index is 14.0. The monoisotopic (exact) mass is 610 g/mol. The number of alkyl halides is 3. The molecule has 0 aliphatic carbocycles. The minimum absolute atomic E-state index is 0.0560. The number of nitrogens with zero attached hydrogens (tertiary/aromatic N) is 1. The van der Waals surface area contributed by atoms with Gasteiger partial charge in [-0.15, -0.1) is 0 Å². The molecule has 43 heavy (non-hydrogen) atoms. The molecule has 228 valence electrons. The molecule has 3 atom stereocenters. The van der Waals surface area contributed by atoms with Crippen molar-refractivity contribution < 1.29 is 23.1 Å². The van der Waals surface area contributed by atoms with Gasteiger partial charge < -0.3 is 25.0 Å². The van der Waals surface area contributed by atoms with Gasteiger partial charge in [-0.2, -0.15) is 13.2 Å². The van der Waals surface area contributed by atoms with Crippen LogP contribution in [0, 0.1) is 0 Å². The van der Waals surface area contributed by atoms with Crippen LogP contribution in [0.4, 0.5) is 18.9 Å². The lowest BCUT2D eigenvalue weighted by atomic mass is 10.0. The average molecular weight is 611 g/mol. The minimum Gasteiger partial charge on any atom is -0.390 e. The first kappa shape index (κ1) is 31.0. The van der Waals surface area contributed by atoms with Gasteiger partial charge in [-0.1, -0.05) is 79.9 Å². The van der Waals surface area contributed by atoms with Gasteiger partial charge in [-0.3, -0.25) is 4.79 Å². The molecule has 0 saturated carbocycles. The fourth-order valence-corrected chi connectivity index (χ4v) is 6.47. The van der Waals surface area contributed by atoms with E-state index < -0.39 is 23.9 Å². The maximum atomic E-state index is 14.0. The number of halogens is 3. The second kappa shape index (κ2) is 13.4. The van der Waals surface area contributed by atoms with Crippen LogP contribution in [0.1, 0.15) is 59.1 Å². The predicted octanol–water partition coefficient (Wildman–Crippen LogP) is 6.74. The van der Waals surface area contributed by atoms with Gasteiger partial charge in [-0.25, -0.2) is 0 Å². The molecule has 1 amide bonds. The molecule has 1 aromatic heterocycles. The summed E-state index contributed by atoms with van der Waals surface area (Å²) in [6, 6.07) is 20.3. The van der Waals surface area contributed by atoms with E-state index in [9.17, 15) is 23.1 Å². The number of rotatable bonds is 11. The summed E-state index contributed by atoms with van der Waals surface area (Å²) in [7, 11) is 0. The van der Waals surface area contributed by atoms with E-state index in [1.165, 1.54) is 11.6 Å². The number of carbonyl (C=O) groups is 1. The number of aliphatic hydroxyl groups is 1. The standard InChI is InChI=1S/C33H37F3N4O2S/c1-3-8-24-13-14-27-31-26(24)17-29(40(31)21(2)20-43-39-27)32(42)38-28(16-22-9-5-4-6-10-22)30(41)19-37-18-23-11-7-12-25(15-23)33(34,35)36/h4-7,9-15,17,21,28,30,37,39,41H,3,8,16,18-20H2,1-2H3,(H,38,42)/t21?,28-,30+/m0/s1. The van der Waals surface area contributed by atoms with Gasteiger partial charge in [0.25, 0.3) is 5.91 Å². The van der Waals surface area contributed by atoms with Crippen molar-refractivity contribution >= 4 is 34.4 Å². The first-order valence-electron chi connectivity index (χ1n) is 14.6. The highest BCUT2D eigenvalue weighted by atomic mass is 32.2. The van der Waals surface area contributed by atoms with Gasteiger partial charge in [0.05, 0.1) is 28.9 Å². The number of hydrogen-bond acceptors (Lipinski definition) is 5. The Hall–Kier alpha value is -3.47. The van der Waals surface area contributed by atoms with Gasteiger partial charge in [0.1, 0.15) is 5.69 Å². The Bertz CT molecular complexity index is 1560. The molecular formula is C33H37F3N4O2S. The fourth-order valence-electron chi connectivity index (χ4n) is 5.67. The fraction of sp³-hybridized carbons (Fsp3) is 0.364. The van der Waals surface area contributed by atoms with Gasteiger partial charge in [-0.05, 0) is 54.7 Å². The molecule has 4 aromatic rings. The number of benzene rings is 3. The van der Waals surface area contributed by atoms with Crippen LogP contribution < -0.4 is 15.4 Å². The summed E-state index contributed by atoms with van der Waals surface area (Å²) >= 11 is 1.61. The Kier molecular flexibility index (Phi) is 9.68. The van der Waals surface area contributed by atoms with E-state index in [1.54, 1.807) is 18.0 Å². The van der Waals surface area contributed by atoms with E-state index in [0.29, 0.717) is 17.7 Å². The van der Waals surface area contributed by atoms with Gasteiger partial charge in [0.15, 0.2) is 0 Å². The molecule has 2 heterocycles. The molecule has 0 spiro atoms. The molecule has 1 aliphatic rings. The Morgan fingerprint density at radius 1 is 1.09 bits per heavy atom. The van der Waals surface area contributed by atoms with Crippen LogP contribution in [0.15, 0.2) is 72.8 Å². The topological polar surface area (TPSA) is 78.3 Å². The highest BCUT2D eigenvalue weighted by molar-refractivity contribution is 8.00. The maximum Gasteiger partial charge on any atom is 0.416 e. The zero-order chi connectivity index (χ0) is 30.6. The Morgan fingerprint density at radius 2 is 1.86 bits per heavy atom. The van der Waals surface area contributed by atoms with Crippen LogP contribution in [0.3, 0.4) is 0 Å². The number of aryl methyl sites for hydroxylation is 1. The zero-order valence-corrected chi connectivity index (χ0v) is 25.1. The van der Waals surface area contributed by atoms with Crippen molar-refractivity contribution in [3.63, 3.8) is 0 Å². The number of carbonyl (C=O) groups excluding carboxylic acids is 1. The number of nitrogens with one attached hydrogen (secondary N) is 3. The molecule has 6 nitrogen and oxygen atoms in total. The number of aromatic nitrogens is 1. The lowest BCUT2D eigenvalue weighted by Crippen LogP contribution is -2.49. The summed E-state index contributed by atoms with van der Waals surface area (Å²) < 4.78 is 45.0. The third kappa shape index (κ3) is 7.20. The van der Waals surface area contributed by atoms with Crippen LogP contribution in [-0.2, 0) is 25.6 Å². The van der Waals surface area contributed by atoms with Crippen molar-refractivity contribution in [2.75, 3.05) is 17.0 Å². The minimum atomic E-state index is -4.42.